The van der Waals surface area contributed by atoms with E-state index in [9.17, 15) is 0 Å². The molecule has 0 spiro atoms. The van der Waals surface area contributed by atoms with Crippen LogP contribution in [0.2, 0.25) is 0 Å². The molecule has 0 unspecified atom stereocenters. The third kappa shape index (κ3) is 2.38. The number of hydrogen-bond acceptors (Lipinski definition) is 3. The highest BCUT2D eigenvalue weighted by Gasteiger charge is 2.00. The summed E-state index contributed by atoms with van der Waals surface area (Å²) in [4.78, 5) is 0. The van der Waals surface area contributed by atoms with Gasteiger partial charge in [-0.05, 0) is 45.6 Å². The van der Waals surface area contributed by atoms with E-state index in [1.165, 1.54) is 0 Å². The Kier molecular flexibility index (Phi) is 3.05. The molecule has 1 heterocycles. The summed E-state index contributed by atoms with van der Waals surface area (Å²) in [5, 5.41) is 16.1. The van der Waals surface area contributed by atoms with Crippen LogP contribution in [0.5, 0.6) is 0 Å². The van der Waals surface area contributed by atoms with Crippen molar-refractivity contribution >= 4 is 38.6 Å². The molecule has 0 aliphatic heterocycles. The molecule has 15 heavy (non-hydrogen) atoms. The first-order chi connectivity index (χ1) is 7.29. The Labute approximate surface area is 100 Å². The van der Waals surface area contributed by atoms with Crippen molar-refractivity contribution in [3.63, 3.8) is 0 Å². The lowest BCUT2D eigenvalue weighted by Gasteiger charge is -2.04. The van der Waals surface area contributed by atoms with E-state index in [1.807, 2.05) is 29.0 Å². The summed E-state index contributed by atoms with van der Waals surface area (Å²) >= 11 is 5.00. The monoisotopic (exact) mass is 278 g/mol. The summed E-state index contributed by atoms with van der Waals surface area (Å²) in [6.07, 6.45) is 0. The second kappa shape index (κ2) is 4.47. The number of rotatable bonds is 2. The van der Waals surface area contributed by atoms with Crippen molar-refractivity contribution in [2.24, 2.45) is 0 Å². The van der Waals surface area contributed by atoms with Crippen molar-refractivity contribution in [3.05, 3.63) is 45.1 Å². The molecule has 2 nitrogen and oxygen atoms in total. The van der Waals surface area contributed by atoms with Crippen LogP contribution in [0, 0.1) is 11.3 Å². The van der Waals surface area contributed by atoms with Crippen molar-refractivity contribution in [1.82, 2.24) is 0 Å². The minimum atomic E-state index is 0.644. The summed E-state index contributed by atoms with van der Waals surface area (Å²) in [7, 11) is 0. The summed E-state index contributed by atoms with van der Waals surface area (Å²) in [6, 6.07) is 9.70. The maximum atomic E-state index is 8.77. The second-order valence-corrected chi connectivity index (χ2v) is 4.58. The number of nitriles is 1. The zero-order valence-electron chi connectivity index (χ0n) is 7.70. The van der Waals surface area contributed by atoms with Gasteiger partial charge in [0.05, 0.1) is 5.56 Å². The number of hydrogen-bond donors (Lipinski definition) is 1. The standard InChI is InChI=1S/C11H7BrN2S/c12-11-5-9(2-1-8(11)6-13)14-10-3-4-15-7-10/h1-5,7,14H. The van der Waals surface area contributed by atoms with Crippen LogP contribution >= 0.6 is 27.3 Å². The lowest BCUT2D eigenvalue weighted by atomic mass is 10.2. The SMILES string of the molecule is N#Cc1ccc(Nc2ccsc2)cc1Br. The highest BCUT2D eigenvalue weighted by atomic mass is 79.9. The van der Waals surface area contributed by atoms with Crippen LogP contribution < -0.4 is 5.32 Å². The van der Waals surface area contributed by atoms with Gasteiger partial charge >= 0.3 is 0 Å². The summed E-state index contributed by atoms with van der Waals surface area (Å²) in [5.74, 6) is 0. The predicted octanol–water partition coefficient (Wildman–Crippen LogP) is 4.13. The number of nitrogens with zero attached hydrogens (tertiary/aromatic N) is 1. The van der Waals surface area contributed by atoms with Gasteiger partial charge in [0.25, 0.3) is 0 Å². The third-order valence-electron chi connectivity index (χ3n) is 1.90. The molecule has 1 aromatic heterocycles. The molecule has 1 N–H and O–H groups in total. The highest BCUT2D eigenvalue weighted by molar-refractivity contribution is 9.10. The first-order valence-corrected chi connectivity index (χ1v) is 6.02. The Balaban J connectivity index is 2.24. The van der Waals surface area contributed by atoms with Crippen LogP contribution in [0.4, 0.5) is 11.4 Å². The predicted molar refractivity (Wildman–Crippen MR) is 66.5 cm³/mol. The average Bonchev–Trinajstić information content (AvgIpc) is 2.71. The molecule has 2 aromatic rings. The zero-order valence-corrected chi connectivity index (χ0v) is 10.1. The van der Waals surface area contributed by atoms with E-state index in [-0.39, 0.29) is 0 Å². The van der Waals surface area contributed by atoms with E-state index in [0.29, 0.717) is 5.56 Å². The molecule has 4 heteroatoms. The fraction of sp³-hybridized carbons (Fsp3) is 0. The molecule has 0 aliphatic carbocycles. The molecule has 0 saturated heterocycles. The van der Waals surface area contributed by atoms with Crippen LogP contribution in [-0.2, 0) is 0 Å². The van der Waals surface area contributed by atoms with Gasteiger partial charge in [-0.1, -0.05) is 0 Å². The van der Waals surface area contributed by atoms with Gasteiger partial charge in [0.15, 0.2) is 0 Å². The normalized spacial score (nSPS) is 9.60. The molecule has 1 aromatic carbocycles. The molecule has 74 valence electrons. The van der Waals surface area contributed by atoms with Gasteiger partial charge in [-0.3, -0.25) is 0 Å². The van der Waals surface area contributed by atoms with Crippen molar-refractivity contribution in [3.8, 4) is 6.07 Å². The van der Waals surface area contributed by atoms with Gasteiger partial charge in [-0.25, -0.2) is 0 Å². The molecule has 0 bridgehead atoms. The molecule has 0 radical (unpaired) electrons. The van der Waals surface area contributed by atoms with E-state index in [0.717, 1.165) is 15.8 Å². The van der Waals surface area contributed by atoms with E-state index in [4.69, 9.17) is 5.26 Å². The maximum absolute atomic E-state index is 8.77. The maximum Gasteiger partial charge on any atom is 0.100 e. The van der Waals surface area contributed by atoms with Crippen molar-refractivity contribution in [1.29, 1.82) is 5.26 Å². The molecule has 0 aliphatic rings. The number of benzene rings is 1. The van der Waals surface area contributed by atoms with Crippen molar-refractivity contribution in [2.45, 2.75) is 0 Å². The zero-order chi connectivity index (χ0) is 10.7. The Morgan fingerprint density at radius 2 is 2.13 bits per heavy atom. The quantitative estimate of drug-likeness (QED) is 0.897. The molecule has 2 rings (SSSR count). The lowest BCUT2D eigenvalue weighted by Crippen LogP contribution is -1.88. The summed E-state index contributed by atoms with van der Waals surface area (Å²) in [5.41, 5.74) is 2.68. The molecule has 0 atom stereocenters. The molecule has 0 fully saturated rings. The van der Waals surface area contributed by atoms with Crippen molar-refractivity contribution < 1.29 is 0 Å². The first-order valence-electron chi connectivity index (χ1n) is 4.28. The van der Waals surface area contributed by atoms with Crippen LogP contribution in [0.1, 0.15) is 5.56 Å². The number of thiophene rings is 1. The first kappa shape index (κ1) is 10.2. The molecule has 0 amide bonds. The van der Waals surface area contributed by atoms with E-state index in [2.05, 4.69) is 27.3 Å². The van der Waals surface area contributed by atoms with Crippen LogP contribution in [0.15, 0.2) is 39.5 Å². The van der Waals surface area contributed by atoms with E-state index >= 15 is 0 Å². The average molecular weight is 279 g/mol. The number of anilines is 2. The van der Waals surface area contributed by atoms with E-state index in [1.54, 1.807) is 17.4 Å². The van der Waals surface area contributed by atoms with Gasteiger partial charge in [0.2, 0.25) is 0 Å². The Hall–Kier alpha value is -1.31. The van der Waals surface area contributed by atoms with Gasteiger partial charge in [0, 0.05) is 21.2 Å². The topological polar surface area (TPSA) is 35.8 Å². The Bertz CT molecular complexity index is 500. The van der Waals surface area contributed by atoms with E-state index < -0.39 is 0 Å². The fourth-order valence-corrected chi connectivity index (χ4v) is 2.24. The largest absolute Gasteiger partial charge is 0.355 e. The molecular formula is C11H7BrN2S. The number of halogens is 1. The second-order valence-electron chi connectivity index (χ2n) is 2.94. The third-order valence-corrected chi connectivity index (χ3v) is 3.24. The minimum Gasteiger partial charge on any atom is -0.355 e. The summed E-state index contributed by atoms with van der Waals surface area (Å²) < 4.78 is 0.810. The number of nitrogens with one attached hydrogen (secondary N) is 1. The fourth-order valence-electron chi connectivity index (χ4n) is 1.19. The lowest BCUT2D eigenvalue weighted by molar-refractivity contribution is 1.46. The molecular weight excluding hydrogens is 272 g/mol. The van der Waals surface area contributed by atoms with Gasteiger partial charge in [-0.15, -0.1) is 0 Å². The Morgan fingerprint density at radius 1 is 1.27 bits per heavy atom. The van der Waals surface area contributed by atoms with Gasteiger partial charge in [0.1, 0.15) is 6.07 Å². The Morgan fingerprint density at radius 3 is 2.73 bits per heavy atom. The summed E-state index contributed by atoms with van der Waals surface area (Å²) in [6.45, 7) is 0. The highest BCUT2D eigenvalue weighted by Crippen LogP contribution is 2.24. The van der Waals surface area contributed by atoms with Crippen LogP contribution in [-0.4, -0.2) is 0 Å². The van der Waals surface area contributed by atoms with Crippen molar-refractivity contribution in [2.75, 3.05) is 5.32 Å². The van der Waals surface area contributed by atoms with Crippen LogP contribution in [0.3, 0.4) is 0 Å². The van der Waals surface area contributed by atoms with Gasteiger partial charge in [-0.2, -0.15) is 16.6 Å². The smallest absolute Gasteiger partial charge is 0.100 e. The molecule has 0 saturated carbocycles. The van der Waals surface area contributed by atoms with Crippen LogP contribution in [0.25, 0.3) is 0 Å². The minimum absolute atomic E-state index is 0.644. The van der Waals surface area contributed by atoms with Gasteiger partial charge < -0.3 is 5.32 Å².